The van der Waals surface area contributed by atoms with Crippen molar-refractivity contribution in [3.8, 4) is 11.5 Å². The van der Waals surface area contributed by atoms with Gasteiger partial charge in [-0.3, -0.25) is 0 Å². The first-order valence-electron chi connectivity index (χ1n) is 7.48. The number of rotatable bonds is 5. The fraction of sp³-hybridized carbons (Fsp3) is 0.625. The molecule has 1 aliphatic rings. The first-order chi connectivity index (χ1) is 9.78. The zero-order valence-electron chi connectivity index (χ0n) is 12.8. The minimum atomic E-state index is 0.554. The lowest BCUT2D eigenvalue weighted by Crippen LogP contribution is -2.37. The van der Waals surface area contributed by atoms with Gasteiger partial charge >= 0.3 is 0 Å². The Morgan fingerprint density at radius 3 is 2.85 bits per heavy atom. The third kappa shape index (κ3) is 3.57. The number of ether oxygens (including phenoxy) is 2. The number of nitrogens with one attached hydrogen (secondary N) is 1. The second-order valence-electron chi connectivity index (χ2n) is 5.28. The van der Waals surface area contributed by atoms with Crippen LogP contribution >= 0.6 is 0 Å². The Morgan fingerprint density at radius 1 is 1.30 bits per heavy atom. The number of benzene rings is 1. The summed E-state index contributed by atoms with van der Waals surface area (Å²) in [5.74, 6) is 1.80. The van der Waals surface area contributed by atoms with Gasteiger partial charge in [0.1, 0.15) is 11.5 Å². The van der Waals surface area contributed by atoms with E-state index >= 15 is 0 Å². The summed E-state index contributed by atoms with van der Waals surface area (Å²) >= 11 is 0. The summed E-state index contributed by atoms with van der Waals surface area (Å²) in [6.45, 7) is 5.41. The van der Waals surface area contributed by atoms with Gasteiger partial charge in [0, 0.05) is 25.2 Å². The third-order valence-electron chi connectivity index (χ3n) is 3.84. The van der Waals surface area contributed by atoms with E-state index in [-0.39, 0.29) is 0 Å². The molecule has 1 N–H and O–H groups in total. The lowest BCUT2D eigenvalue weighted by molar-refractivity contribution is 0.402. The molecular weight excluding hydrogens is 252 g/mol. The largest absolute Gasteiger partial charge is 0.497 e. The van der Waals surface area contributed by atoms with Crippen molar-refractivity contribution in [2.24, 2.45) is 0 Å². The lowest BCUT2D eigenvalue weighted by Gasteiger charge is -2.28. The maximum Gasteiger partial charge on any atom is 0.142 e. The molecule has 1 saturated heterocycles. The van der Waals surface area contributed by atoms with Crippen LogP contribution in [0.2, 0.25) is 0 Å². The van der Waals surface area contributed by atoms with Crippen LogP contribution in [0.25, 0.3) is 0 Å². The second-order valence-corrected chi connectivity index (χ2v) is 5.28. The van der Waals surface area contributed by atoms with Crippen LogP contribution in [-0.4, -0.2) is 39.9 Å². The third-order valence-corrected chi connectivity index (χ3v) is 3.84. The molecule has 1 atom stereocenters. The zero-order chi connectivity index (χ0) is 14.4. The van der Waals surface area contributed by atoms with Gasteiger partial charge in [0.25, 0.3) is 0 Å². The van der Waals surface area contributed by atoms with Crippen molar-refractivity contribution in [1.29, 1.82) is 0 Å². The molecule has 1 heterocycles. The van der Waals surface area contributed by atoms with Crippen LogP contribution in [0.3, 0.4) is 0 Å². The summed E-state index contributed by atoms with van der Waals surface area (Å²) in [7, 11) is 3.43. The van der Waals surface area contributed by atoms with Crippen LogP contribution in [0.5, 0.6) is 11.5 Å². The molecule has 4 heteroatoms. The van der Waals surface area contributed by atoms with Gasteiger partial charge in [-0.25, -0.2) is 0 Å². The summed E-state index contributed by atoms with van der Waals surface area (Å²) < 4.78 is 10.9. The average molecular weight is 278 g/mol. The molecule has 1 aromatic rings. The van der Waals surface area contributed by atoms with E-state index in [1.807, 2.05) is 12.1 Å². The molecular formula is C16H26N2O2. The topological polar surface area (TPSA) is 33.7 Å². The van der Waals surface area contributed by atoms with Gasteiger partial charge in [0.05, 0.1) is 19.9 Å². The van der Waals surface area contributed by atoms with Gasteiger partial charge in [-0.1, -0.05) is 13.3 Å². The Labute approximate surface area is 122 Å². The summed E-state index contributed by atoms with van der Waals surface area (Å²) in [5, 5.41) is 3.63. The van der Waals surface area contributed by atoms with Crippen LogP contribution in [0.4, 0.5) is 5.69 Å². The minimum absolute atomic E-state index is 0.554. The predicted octanol–water partition coefficient (Wildman–Crippen LogP) is 2.67. The lowest BCUT2D eigenvalue weighted by atomic mass is 10.1. The van der Waals surface area contributed by atoms with E-state index in [9.17, 15) is 0 Å². The molecule has 0 radical (unpaired) electrons. The molecule has 1 aliphatic heterocycles. The maximum atomic E-state index is 5.52. The van der Waals surface area contributed by atoms with Crippen LogP contribution < -0.4 is 19.7 Å². The van der Waals surface area contributed by atoms with Crippen molar-refractivity contribution < 1.29 is 9.47 Å². The standard InChI is InChI=1S/C16H26N2O2/c1-4-6-13-12-18(10-5-9-17-13)15-11-14(19-2)7-8-16(15)20-3/h7-8,11,13,17H,4-6,9-10,12H2,1-3H3. The van der Waals surface area contributed by atoms with E-state index in [4.69, 9.17) is 9.47 Å². The molecule has 0 saturated carbocycles. The van der Waals surface area contributed by atoms with E-state index in [0.29, 0.717) is 6.04 Å². The molecule has 0 spiro atoms. The highest BCUT2D eigenvalue weighted by molar-refractivity contribution is 5.61. The van der Waals surface area contributed by atoms with Gasteiger partial charge < -0.3 is 19.7 Å². The van der Waals surface area contributed by atoms with Crippen molar-refractivity contribution in [1.82, 2.24) is 5.32 Å². The monoisotopic (exact) mass is 278 g/mol. The van der Waals surface area contributed by atoms with E-state index in [1.54, 1.807) is 14.2 Å². The molecule has 4 nitrogen and oxygen atoms in total. The zero-order valence-corrected chi connectivity index (χ0v) is 12.8. The maximum absolute atomic E-state index is 5.52. The van der Waals surface area contributed by atoms with Gasteiger partial charge in [-0.2, -0.15) is 0 Å². The molecule has 0 aliphatic carbocycles. The highest BCUT2D eigenvalue weighted by Gasteiger charge is 2.20. The summed E-state index contributed by atoms with van der Waals surface area (Å²) in [5.41, 5.74) is 1.14. The molecule has 112 valence electrons. The quantitative estimate of drug-likeness (QED) is 0.898. The van der Waals surface area contributed by atoms with Crippen molar-refractivity contribution in [2.75, 3.05) is 38.8 Å². The fourth-order valence-corrected chi connectivity index (χ4v) is 2.80. The minimum Gasteiger partial charge on any atom is -0.497 e. The molecule has 1 unspecified atom stereocenters. The molecule has 0 bridgehead atoms. The number of methoxy groups -OCH3 is 2. The molecule has 2 rings (SSSR count). The van der Waals surface area contributed by atoms with E-state index in [1.165, 1.54) is 12.8 Å². The second kappa shape index (κ2) is 7.39. The van der Waals surface area contributed by atoms with E-state index < -0.39 is 0 Å². The summed E-state index contributed by atoms with van der Waals surface area (Å²) in [6, 6.07) is 6.56. The SMILES string of the molecule is CCCC1CN(c2cc(OC)ccc2OC)CCCN1. The summed E-state index contributed by atoms with van der Waals surface area (Å²) in [6.07, 6.45) is 3.57. The Bertz CT molecular complexity index is 423. The smallest absolute Gasteiger partial charge is 0.142 e. The number of anilines is 1. The predicted molar refractivity (Wildman–Crippen MR) is 83.1 cm³/mol. The molecule has 20 heavy (non-hydrogen) atoms. The Balaban J connectivity index is 2.23. The van der Waals surface area contributed by atoms with Gasteiger partial charge in [0.2, 0.25) is 0 Å². The highest BCUT2D eigenvalue weighted by Crippen LogP contribution is 2.33. The molecule has 1 aromatic carbocycles. The van der Waals surface area contributed by atoms with Gasteiger partial charge in [0.15, 0.2) is 0 Å². The summed E-state index contributed by atoms with van der Waals surface area (Å²) in [4.78, 5) is 2.42. The van der Waals surface area contributed by atoms with Crippen molar-refractivity contribution >= 4 is 5.69 Å². The Kier molecular flexibility index (Phi) is 5.53. The first kappa shape index (κ1) is 15.0. The molecule has 0 amide bonds. The van der Waals surface area contributed by atoms with Crippen LogP contribution in [0.15, 0.2) is 18.2 Å². The number of hydrogen-bond donors (Lipinski definition) is 1. The van der Waals surface area contributed by atoms with Crippen LogP contribution in [0.1, 0.15) is 26.2 Å². The molecule has 1 fully saturated rings. The van der Waals surface area contributed by atoms with Crippen molar-refractivity contribution in [3.05, 3.63) is 18.2 Å². The Hall–Kier alpha value is -1.42. The first-order valence-corrected chi connectivity index (χ1v) is 7.48. The Morgan fingerprint density at radius 2 is 2.15 bits per heavy atom. The van der Waals surface area contributed by atoms with Crippen molar-refractivity contribution in [2.45, 2.75) is 32.2 Å². The average Bonchev–Trinajstić information content (AvgIpc) is 2.72. The highest BCUT2D eigenvalue weighted by atomic mass is 16.5. The number of hydrogen-bond acceptors (Lipinski definition) is 4. The van der Waals surface area contributed by atoms with Gasteiger partial charge in [-0.15, -0.1) is 0 Å². The van der Waals surface area contributed by atoms with Gasteiger partial charge in [-0.05, 0) is 31.5 Å². The fourth-order valence-electron chi connectivity index (χ4n) is 2.80. The van der Waals surface area contributed by atoms with E-state index in [2.05, 4.69) is 23.2 Å². The molecule has 0 aromatic heterocycles. The van der Waals surface area contributed by atoms with Crippen LogP contribution in [0, 0.1) is 0 Å². The van der Waals surface area contributed by atoms with Crippen LogP contribution in [-0.2, 0) is 0 Å². The normalized spacial score (nSPS) is 19.6. The van der Waals surface area contributed by atoms with E-state index in [0.717, 1.165) is 43.2 Å². The number of nitrogens with zero attached hydrogens (tertiary/aromatic N) is 1. The van der Waals surface area contributed by atoms with Crippen molar-refractivity contribution in [3.63, 3.8) is 0 Å².